The molecule has 0 fully saturated rings. The van der Waals surface area contributed by atoms with Crippen LogP contribution in [0.25, 0.3) is 11.3 Å². The van der Waals surface area contributed by atoms with Crippen LogP contribution in [-0.2, 0) is 6.54 Å². The standard InChI is InChI=1S/C20H17BrN2O3/c21-16-4-1-3-14(11-16)13-23-20(24)8-6-17(22-23)15-5-7-18-19(12-15)26-10-2-9-25-18/h1,3-8,11-12H,2,9-10,13H2. The fourth-order valence-electron chi connectivity index (χ4n) is 2.85. The molecule has 0 saturated heterocycles. The van der Waals surface area contributed by atoms with Crippen molar-refractivity contribution in [2.45, 2.75) is 13.0 Å². The van der Waals surface area contributed by atoms with E-state index in [1.807, 2.05) is 42.5 Å². The minimum absolute atomic E-state index is 0.136. The molecular formula is C20H17BrN2O3. The lowest BCUT2D eigenvalue weighted by Crippen LogP contribution is -2.22. The maximum Gasteiger partial charge on any atom is 0.267 e. The largest absolute Gasteiger partial charge is 0.490 e. The highest BCUT2D eigenvalue weighted by molar-refractivity contribution is 9.10. The first-order chi connectivity index (χ1) is 12.7. The number of ether oxygens (including phenoxy) is 2. The number of aromatic nitrogens is 2. The van der Waals surface area contributed by atoms with Crippen LogP contribution in [0.2, 0.25) is 0 Å². The second kappa shape index (κ2) is 7.33. The Labute approximate surface area is 159 Å². The van der Waals surface area contributed by atoms with E-state index in [1.54, 1.807) is 12.1 Å². The molecule has 0 radical (unpaired) electrons. The van der Waals surface area contributed by atoms with Gasteiger partial charge in [-0.2, -0.15) is 5.10 Å². The molecule has 3 aromatic rings. The van der Waals surface area contributed by atoms with Crippen molar-refractivity contribution >= 4 is 15.9 Å². The van der Waals surface area contributed by atoms with Crippen LogP contribution in [0.3, 0.4) is 0 Å². The first-order valence-electron chi connectivity index (χ1n) is 8.42. The quantitative estimate of drug-likeness (QED) is 0.654. The Balaban J connectivity index is 1.68. The number of hydrogen-bond donors (Lipinski definition) is 0. The molecular weight excluding hydrogens is 396 g/mol. The first kappa shape index (κ1) is 16.8. The van der Waals surface area contributed by atoms with Crippen molar-refractivity contribution in [3.8, 4) is 22.8 Å². The van der Waals surface area contributed by atoms with E-state index in [2.05, 4.69) is 21.0 Å². The van der Waals surface area contributed by atoms with E-state index in [4.69, 9.17) is 9.47 Å². The molecule has 1 aliphatic rings. The molecule has 132 valence electrons. The van der Waals surface area contributed by atoms with Crippen LogP contribution in [0.5, 0.6) is 11.5 Å². The molecule has 0 atom stereocenters. The van der Waals surface area contributed by atoms with Crippen molar-refractivity contribution in [2.75, 3.05) is 13.2 Å². The summed E-state index contributed by atoms with van der Waals surface area (Å²) in [6, 6.07) is 16.9. The lowest BCUT2D eigenvalue weighted by molar-refractivity contribution is 0.297. The summed E-state index contributed by atoms with van der Waals surface area (Å²) in [5.41, 5.74) is 2.47. The summed E-state index contributed by atoms with van der Waals surface area (Å²) < 4.78 is 13.9. The number of rotatable bonds is 3. The molecule has 0 unspecified atom stereocenters. The van der Waals surface area contributed by atoms with Crippen LogP contribution >= 0.6 is 15.9 Å². The number of benzene rings is 2. The molecule has 4 rings (SSSR count). The zero-order valence-corrected chi connectivity index (χ0v) is 15.6. The van der Waals surface area contributed by atoms with Crippen molar-refractivity contribution < 1.29 is 9.47 Å². The topological polar surface area (TPSA) is 53.4 Å². The molecule has 0 bridgehead atoms. The van der Waals surface area contributed by atoms with Gasteiger partial charge >= 0.3 is 0 Å². The predicted molar refractivity (Wildman–Crippen MR) is 103 cm³/mol. The molecule has 0 amide bonds. The van der Waals surface area contributed by atoms with E-state index in [1.165, 1.54) is 4.68 Å². The summed E-state index contributed by atoms with van der Waals surface area (Å²) in [6.07, 6.45) is 0.861. The smallest absolute Gasteiger partial charge is 0.267 e. The highest BCUT2D eigenvalue weighted by Gasteiger charge is 2.13. The summed E-state index contributed by atoms with van der Waals surface area (Å²) >= 11 is 3.45. The van der Waals surface area contributed by atoms with E-state index in [0.29, 0.717) is 25.5 Å². The van der Waals surface area contributed by atoms with Crippen LogP contribution < -0.4 is 15.0 Å². The zero-order chi connectivity index (χ0) is 17.9. The average molecular weight is 413 g/mol. The Morgan fingerprint density at radius 1 is 1.00 bits per heavy atom. The monoisotopic (exact) mass is 412 g/mol. The van der Waals surface area contributed by atoms with Crippen LogP contribution in [0.15, 0.2) is 63.9 Å². The molecule has 26 heavy (non-hydrogen) atoms. The second-order valence-corrected chi connectivity index (χ2v) is 6.97. The molecule has 1 aliphatic heterocycles. The first-order valence-corrected chi connectivity index (χ1v) is 9.21. The van der Waals surface area contributed by atoms with Crippen molar-refractivity contribution in [1.82, 2.24) is 9.78 Å². The highest BCUT2D eigenvalue weighted by atomic mass is 79.9. The second-order valence-electron chi connectivity index (χ2n) is 6.06. The Bertz CT molecular complexity index is 1000. The SMILES string of the molecule is O=c1ccc(-c2ccc3c(c2)OCCCO3)nn1Cc1cccc(Br)c1. The van der Waals surface area contributed by atoms with Crippen molar-refractivity contribution in [3.63, 3.8) is 0 Å². The van der Waals surface area contributed by atoms with Gasteiger partial charge in [0, 0.05) is 22.5 Å². The van der Waals surface area contributed by atoms with E-state index in [-0.39, 0.29) is 5.56 Å². The molecule has 2 heterocycles. The van der Waals surface area contributed by atoms with Gasteiger partial charge in [0.05, 0.1) is 25.5 Å². The summed E-state index contributed by atoms with van der Waals surface area (Å²) in [6.45, 7) is 1.70. The van der Waals surface area contributed by atoms with E-state index >= 15 is 0 Å². The maximum atomic E-state index is 12.2. The van der Waals surface area contributed by atoms with Gasteiger partial charge in [-0.1, -0.05) is 28.1 Å². The predicted octanol–water partition coefficient (Wildman–Crippen LogP) is 3.88. The van der Waals surface area contributed by atoms with E-state index in [9.17, 15) is 4.79 Å². The molecule has 0 aliphatic carbocycles. The fourth-order valence-corrected chi connectivity index (χ4v) is 3.29. The Morgan fingerprint density at radius 2 is 1.85 bits per heavy atom. The third kappa shape index (κ3) is 3.65. The number of fused-ring (bicyclic) bond motifs is 1. The Hall–Kier alpha value is -2.60. The molecule has 5 nitrogen and oxygen atoms in total. The van der Waals surface area contributed by atoms with E-state index < -0.39 is 0 Å². The molecule has 0 spiro atoms. The van der Waals surface area contributed by atoms with Gasteiger partial charge in [0.15, 0.2) is 11.5 Å². The highest BCUT2D eigenvalue weighted by Crippen LogP contribution is 2.33. The number of nitrogens with zero attached hydrogens (tertiary/aromatic N) is 2. The van der Waals surface area contributed by atoms with Gasteiger partial charge in [0.25, 0.3) is 5.56 Å². The third-order valence-electron chi connectivity index (χ3n) is 4.13. The molecule has 2 aromatic carbocycles. The van der Waals surface area contributed by atoms with Crippen LogP contribution in [0.4, 0.5) is 0 Å². The van der Waals surface area contributed by atoms with Crippen molar-refractivity contribution in [1.29, 1.82) is 0 Å². The van der Waals surface area contributed by atoms with Gasteiger partial charge < -0.3 is 9.47 Å². The summed E-state index contributed by atoms with van der Waals surface area (Å²) in [4.78, 5) is 12.2. The minimum Gasteiger partial charge on any atom is -0.490 e. The van der Waals surface area contributed by atoms with Gasteiger partial charge in [-0.25, -0.2) is 4.68 Å². The Kier molecular flexibility index (Phi) is 4.75. The normalized spacial score (nSPS) is 13.3. The summed E-state index contributed by atoms with van der Waals surface area (Å²) in [7, 11) is 0. The van der Waals surface area contributed by atoms with Gasteiger partial charge in [-0.3, -0.25) is 4.79 Å². The molecule has 0 saturated carbocycles. The summed E-state index contributed by atoms with van der Waals surface area (Å²) in [5, 5.41) is 4.53. The number of hydrogen-bond acceptors (Lipinski definition) is 4. The fraction of sp³-hybridized carbons (Fsp3) is 0.200. The number of halogens is 1. The molecule has 0 N–H and O–H groups in total. The Morgan fingerprint density at radius 3 is 2.69 bits per heavy atom. The lowest BCUT2D eigenvalue weighted by Gasteiger charge is -2.11. The van der Waals surface area contributed by atoms with Crippen LogP contribution in [-0.4, -0.2) is 23.0 Å². The van der Waals surface area contributed by atoms with Crippen molar-refractivity contribution in [3.05, 3.63) is 75.0 Å². The molecule has 1 aromatic heterocycles. The van der Waals surface area contributed by atoms with E-state index in [0.717, 1.165) is 33.5 Å². The minimum atomic E-state index is -0.136. The van der Waals surface area contributed by atoms with Crippen molar-refractivity contribution in [2.24, 2.45) is 0 Å². The van der Waals surface area contributed by atoms with Gasteiger partial charge in [-0.05, 0) is 42.0 Å². The maximum absolute atomic E-state index is 12.2. The zero-order valence-electron chi connectivity index (χ0n) is 14.0. The average Bonchev–Trinajstić information content (AvgIpc) is 2.88. The van der Waals surface area contributed by atoms with Crippen LogP contribution in [0.1, 0.15) is 12.0 Å². The summed E-state index contributed by atoms with van der Waals surface area (Å²) in [5.74, 6) is 1.46. The van der Waals surface area contributed by atoms with Gasteiger partial charge in [0.1, 0.15) is 0 Å². The lowest BCUT2D eigenvalue weighted by atomic mass is 10.1. The van der Waals surface area contributed by atoms with Gasteiger partial charge in [0.2, 0.25) is 0 Å². The van der Waals surface area contributed by atoms with Crippen LogP contribution in [0, 0.1) is 0 Å². The van der Waals surface area contributed by atoms with Gasteiger partial charge in [-0.15, -0.1) is 0 Å². The third-order valence-corrected chi connectivity index (χ3v) is 4.62. The molecule has 6 heteroatoms.